The van der Waals surface area contributed by atoms with Crippen LogP contribution in [-0.2, 0) is 9.47 Å². The molecule has 0 aliphatic heterocycles. The number of ether oxygens (including phenoxy) is 2. The third-order valence-electron chi connectivity index (χ3n) is 3.24. The first kappa shape index (κ1) is 17.4. The molecule has 1 unspecified atom stereocenters. The van der Waals surface area contributed by atoms with Crippen molar-refractivity contribution in [1.82, 2.24) is 0 Å². The van der Waals surface area contributed by atoms with Gasteiger partial charge in [-0.2, -0.15) is 0 Å². The predicted octanol–water partition coefficient (Wildman–Crippen LogP) is 2.99. The molecule has 0 aromatic heterocycles. The minimum absolute atomic E-state index is 0.240. The Morgan fingerprint density at radius 3 is 2.45 bits per heavy atom. The summed E-state index contributed by atoms with van der Waals surface area (Å²) in [5.41, 5.74) is 1.97. The number of methoxy groups -OCH3 is 2. The SMILES string of the molecule is COCCN(c1ccc([C@@H](C)O)cc1Br)C(C)COC. The fourth-order valence-corrected chi connectivity index (χ4v) is 2.74. The van der Waals surface area contributed by atoms with Gasteiger partial charge in [-0.15, -0.1) is 0 Å². The van der Waals surface area contributed by atoms with Crippen LogP contribution in [0.3, 0.4) is 0 Å². The molecular formula is C15H24BrNO3. The first-order valence-electron chi connectivity index (χ1n) is 6.73. The molecule has 0 saturated heterocycles. The summed E-state index contributed by atoms with van der Waals surface area (Å²) in [7, 11) is 3.40. The molecule has 0 aliphatic carbocycles. The van der Waals surface area contributed by atoms with Gasteiger partial charge in [0.15, 0.2) is 0 Å². The van der Waals surface area contributed by atoms with Crippen LogP contribution < -0.4 is 4.90 Å². The molecule has 0 aliphatic rings. The number of aliphatic hydroxyl groups is 1. The zero-order chi connectivity index (χ0) is 15.1. The Kier molecular flexibility index (Phi) is 7.51. The van der Waals surface area contributed by atoms with Gasteiger partial charge in [0.05, 0.1) is 25.0 Å². The van der Waals surface area contributed by atoms with Crippen molar-refractivity contribution in [3.63, 3.8) is 0 Å². The lowest BCUT2D eigenvalue weighted by molar-refractivity contribution is 0.171. The normalized spacial score (nSPS) is 14.1. The van der Waals surface area contributed by atoms with Crippen LogP contribution in [0.25, 0.3) is 0 Å². The van der Waals surface area contributed by atoms with Crippen molar-refractivity contribution in [3.8, 4) is 0 Å². The maximum absolute atomic E-state index is 9.64. The summed E-state index contributed by atoms with van der Waals surface area (Å²) in [5.74, 6) is 0. The Balaban J connectivity index is 3.00. The average Bonchev–Trinajstić information content (AvgIpc) is 2.40. The van der Waals surface area contributed by atoms with E-state index in [4.69, 9.17) is 9.47 Å². The summed E-state index contributed by atoms with van der Waals surface area (Å²) in [4.78, 5) is 2.24. The summed E-state index contributed by atoms with van der Waals surface area (Å²) in [6.45, 7) is 5.96. The van der Waals surface area contributed by atoms with Gasteiger partial charge in [0.25, 0.3) is 0 Å². The second-order valence-corrected chi connectivity index (χ2v) is 5.73. The number of benzene rings is 1. The van der Waals surface area contributed by atoms with Crippen LogP contribution in [0.4, 0.5) is 5.69 Å². The van der Waals surface area contributed by atoms with E-state index in [1.54, 1.807) is 21.1 Å². The van der Waals surface area contributed by atoms with E-state index in [0.29, 0.717) is 13.2 Å². The van der Waals surface area contributed by atoms with E-state index >= 15 is 0 Å². The Hall–Kier alpha value is -0.620. The van der Waals surface area contributed by atoms with Crippen LogP contribution in [0, 0.1) is 0 Å². The molecule has 2 atom stereocenters. The third-order valence-corrected chi connectivity index (χ3v) is 3.87. The molecule has 0 saturated carbocycles. The molecule has 4 nitrogen and oxygen atoms in total. The van der Waals surface area contributed by atoms with E-state index < -0.39 is 6.10 Å². The Morgan fingerprint density at radius 1 is 1.25 bits per heavy atom. The lowest BCUT2D eigenvalue weighted by Gasteiger charge is -2.32. The second kappa shape index (κ2) is 8.62. The minimum Gasteiger partial charge on any atom is -0.389 e. The molecule has 0 spiro atoms. The zero-order valence-corrected chi connectivity index (χ0v) is 14.2. The van der Waals surface area contributed by atoms with Gasteiger partial charge in [-0.3, -0.25) is 0 Å². The molecule has 0 heterocycles. The van der Waals surface area contributed by atoms with Crippen molar-refractivity contribution in [2.45, 2.75) is 26.0 Å². The smallest absolute Gasteiger partial charge is 0.0762 e. The van der Waals surface area contributed by atoms with E-state index in [0.717, 1.165) is 22.3 Å². The van der Waals surface area contributed by atoms with Gasteiger partial charge in [0, 0.05) is 31.3 Å². The molecule has 0 amide bonds. The van der Waals surface area contributed by atoms with Gasteiger partial charge in [-0.1, -0.05) is 6.07 Å². The molecule has 0 radical (unpaired) electrons. The minimum atomic E-state index is -0.468. The van der Waals surface area contributed by atoms with Crippen LogP contribution in [-0.4, -0.2) is 45.1 Å². The molecule has 1 rings (SSSR count). The van der Waals surface area contributed by atoms with E-state index in [2.05, 4.69) is 27.8 Å². The molecule has 0 fully saturated rings. The summed E-state index contributed by atoms with van der Waals surface area (Å²) in [5, 5.41) is 9.64. The predicted molar refractivity (Wildman–Crippen MR) is 85.3 cm³/mol. The van der Waals surface area contributed by atoms with E-state index in [9.17, 15) is 5.11 Å². The second-order valence-electron chi connectivity index (χ2n) is 4.88. The quantitative estimate of drug-likeness (QED) is 0.786. The number of hydrogen-bond donors (Lipinski definition) is 1. The molecule has 5 heteroatoms. The molecule has 1 aromatic rings. The number of anilines is 1. The first-order chi connectivity index (χ1) is 9.51. The summed E-state index contributed by atoms with van der Waals surface area (Å²) in [6, 6.07) is 6.17. The van der Waals surface area contributed by atoms with Crippen molar-refractivity contribution in [1.29, 1.82) is 0 Å². The van der Waals surface area contributed by atoms with E-state index in [-0.39, 0.29) is 6.04 Å². The largest absolute Gasteiger partial charge is 0.389 e. The Labute approximate surface area is 129 Å². The highest BCUT2D eigenvalue weighted by atomic mass is 79.9. The zero-order valence-electron chi connectivity index (χ0n) is 12.6. The summed E-state index contributed by atoms with van der Waals surface area (Å²) < 4.78 is 11.4. The van der Waals surface area contributed by atoms with E-state index in [1.165, 1.54) is 0 Å². The molecule has 1 aromatic carbocycles. The topological polar surface area (TPSA) is 41.9 Å². The molecule has 1 N–H and O–H groups in total. The van der Waals surface area contributed by atoms with Gasteiger partial charge >= 0.3 is 0 Å². The van der Waals surface area contributed by atoms with Crippen molar-refractivity contribution in [3.05, 3.63) is 28.2 Å². The lowest BCUT2D eigenvalue weighted by Crippen LogP contribution is -2.38. The number of aliphatic hydroxyl groups excluding tert-OH is 1. The number of rotatable bonds is 8. The monoisotopic (exact) mass is 345 g/mol. The van der Waals surface area contributed by atoms with Gasteiger partial charge in [-0.05, 0) is 47.5 Å². The van der Waals surface area contributed by atoms with Crippen molar-refractivity contribution in [2.75, 3.05) is 38.9 Å². The summed E-state index contributed by atoms with van der Waals surface area (Å²) in [6.07, 6.45) is -0.468. The number of hydrogen-bond acceptors (Lipinski definition) is 4. The third kappa shape index (κ3) is 4.74. The van der Waals surface area contributed by atoms with Crippen LogP contribution in [0.5, 0.6) is 0 Å². The lowest BCUT2D eigenvalue weighted by atomic mass is 10.1. The maximum Gasteiger partial charge on any atom is 0.0762 e. The molecular weight excluding hydrogens is 322 g/mol. The molecule has 114 valence electrons. The van der Waals surface area contributed by atoms with Crippen LogP contribution in [0.1, 0.15) is 25.5 Å². The Bertz CT molecular complexity index is 412. The average molecular weight is 346 g/mol. The maximum atomic E-state index is 9.64. The van der Waals surface area contributed by atoms with Crippen LogP contribution >= 0.6 is 15.9 Å². The van der Waals surface area contributed by atoms with Gasteiger partial charge in [0.1, 0.15) is 0 Å². The van der Waals surface area contributed by atoms with E-state index in [1.807, 2.05) is 18.2 Å². The molecule has 20 heavy (non-hydrogen) atoms. The first-order valence-corrected chi connectivity index (χ1v) is 7.52. The summed E-state index contributed by atoms with van der Waals surface area (Å²) >= 11 is 3.59. The van der Waals surface area contributed by atoms with Crippen LogP contribution in [0.15, 0.2) is 22.7 Å². The standard InChI is InChI=1S/C15H24BrNO3/c1-11(10-20-4)17(7-8-19-3)15-6-5-13(12(2)18)9-14(15)16/h5-6,9,11-12,18H,7-8,10H2,1-4H3/t11?,12-/m1/s1. The fraction of sp³-hybridized carbons (Fsp3) is 0.600. The highest BCUT2D eigenvalue weighted by Gasteiger charge is 2.17. The van der Waals surface area contributed by atoms with Gasteiger partial charge in [-0.25, -0.2) is 0 Å². The molecule has 0 bridgehead atoms. The fourth-order valence-electron chi connectivity index (χ4n) is 2.12. The van der Waals surface area contributed by atoms with Gasteiger partial charge < -0.3 is 19.5 Å². The number of nitrogens with zero attached hydrogens (tertiary/aromatic N) is 1. The van der Waals surface area contributed by atoms with Crippen molar-refractivity contribution >= 4 is 21.6 Å². The number of halogens is 1. The van der Waals surface area contributed by atoms with Crippen LogP contribution in [0.2, 0.25) is 0 Å². The Morgan fingerprint density at radius 2 is 1.95 bits per heavy atom. The van der Waals surface area contributed by atoms with Crippen molar-refractivity contribution in [2.24, 2.45) is 0 Å². The highest BCUT2D eigenvalue weighted by Crippen LogP contribution is 2.30. The van der Waals surface area contributed by atoms with Crippen molar-refractivity contribution < 1.29 is 14.6 Å². The van der Waals surface area contributed by atoms with Gasteiger partial charge in [0.2, 0.25) is 0 Å². The highest BCUT2D eigenvalue weighted by molar-refractivity contribution is 9.10.